The second kappa shape index (κ2) is 3.73. The van der Waals surface area contributed by atoms with Crippen LogP contribution < -0.4 is 4.74 Å². The minimum Gasteiger partial charge on any atom is -0.504 e. The fourth-order valence-corrected chi connectivity index (χ4v) is 0.853. The number of carbonyl (C=O) groups excluding carboxylic acids is 1. The molecule has 0 saturated carbocycles. The van der Waals surface area contributed by atoms with Crippen LogP contribution in [0, 0.1) is 10.1 Å². The van der Waals surface area contributed by atoms with Crippen molar-refractivity contribution in [3.63, 3.8) is 0 Å². The number of phenols is 1. The highest BCUT2D eigenvalue weighted by atomic mass is 16.6. The van der Waals surface area contributed by atoms with Crippen LogP contribution in [0.5, 0.6) is 11.5 Å². The minimum atomic E-state index is -0.652. The average Bonchev–Trinajstić information content (AvgIpc) is 2.07. The van der Waals surface area contributed by atoms with Gasteiger partial charge in [0, 0.05) is 13.0 Å². The van der Waals surface area contributed by atoms with Gasteiger partial charge in [0.15, 0.2) is 11.5 Å². The summed E-state index contributed by atoms with van der Waals surface area (Å²) in [4.78, 5) is 20.2. The standard InChI is InChI=1S/C8H7NO5/c1-5(10)14-8-4-6(9(12)13)2-3-7(8)11/h2-4,11H,1H3. The van der Waals surface area contributed by atoms with Gasteiger partial charge in [-0.2, -0.15) is 0 Å². The van der Waals surface area contributed by atoms with Crippen molar-refractivity contribution in [1.29, 1.82) is 0 Å². The highest BCUT2D eigenvalue weighted by molar-refractivity contribution is 5.70. The topological polar surface area (TPSA) is 89.7 Å². The van der Waals surface area contributed by atoms with Crippen LogP contribution in [0.1, 0.15) is 6.92 Å². The predicted molar refractivity (Wildman–Crippen MR) is 46.1 cm³/mol. The molecule has 1 aromatic rings. The zero-order valence-electron chi connectivity index (χ0n) is 7.26. The third-order valence-corrected chi connectivity index (χ3v) is 1.41. The summed E-state index contributed by atoms with van der Waals surface area (Å²) < 4.78 is 4.54. The summed E-state index contributed by atoms with van der Waals surface area (Å²) in [6, 6.07) is 3.19. The van der Waals surface area contributed by atoms with Gasteiger partial charge in [-0.15, -0.1) is 0 Å². The Kier molecular flexibility index (Phi) is 2.66. The van der Waals surface area contributed by atoms with Crippen molar-refractivity contribution >= 4 is 11.7 Å². The van der Waals surface area contributed by atoms with E-state index < -0.39 is 10.9 Å². The molecule has 1 rings (SSSR count). The Bertz CT molecular complexity index is 387. The largest absolute Gasteiger partial charge is 0.504 e. The summed E-state index contributed by atoms with van der Waals surface area (Å²) in [5, 5.41) is 19.5. The van der Waals surface area contributed by atoms with Crippen molar-refractivity contribution in [1.82, 2.24) is 0 Å². The Morgan fingerprint density at radius 2 is 2.21 bits per heavy atom. The van der Waals surface area contributed by atoms with E-state index in [1.54, 1.807) is 0 Å². The van der Waals surface area contributed by atoms with Gasteiger partial charge in [0.2, 0.25) is 0 Å². The Hall–Kier alpha value is -2.11. The summed E-state index contributed by atoms with van der Waals surface area (Å²) in [6.45, 7) is 1.14. The molecule has 0 aliphatic rings. The molecule has 0 aromatic heterocycles. The first kappa shape index (κ1) is 9.97. The van der Waals surface area contributed by atoms with Crippen LogP contribution in [-0.4, -0.2) is 16.0 Å². The normalized spacial score (nSPS) is 9.50. The SMILES string of the molecule is CC(=O)Oc1cc([N+](=O)[O-])ccc1O. The molecule has 74 valence electrons. The maximum atomic E-state index is 10.5. The van der Waals surface area contributed by atoms with Crippen LogP contribution in [0.15, 0.2) is 18.2 Å². The summed E-state index contributed by atoms with van der Waals surface area (Å²) in [7, 11) is 0. The molecule has 0 fully saturated rings. The first-order valence-electron chi connectivity index (χ1n) is 3.66. The van der Waals surface area contributed by atoms with Crippen LogP contribution in [0.25, 0.3) is 0 Å². The molecule has 0 aliphatic heterocycles. The van der Waals surface area contributed by atoms with E-state index in [4.69, 9.17) is 5.11 Å². The molecule has 0 unspecified atom stereocenters. The molecule has 6 heteroatoms. The zero-order valence-corrected chi connectivity index (χ0v) is 7.26. The number of nitro groups is 1. The molecule has 0 spiro atoms. The Morgan fingerprint density at radius 3 is 2.71 bits per heavy atom. The lowest BCUT2D eigenvalue weighted by Crippen LogP contribution is -2.02. The number of hydrogen-bond acceptors (Lipinski definition) is 5. The number of nitrogens with zero attached hydrogens (tertiary/aromatic N) is 1. The van der Waals surface area contributed by atoms with Crippen LogP contribution in [0.2, 0.25) is 0 Å². The Balaban J connectivity index is 3.08. The van der Waals surface area contributed by atoms with E-state index in [9.17, 15) is 14.9 Å². The van der Waals surface area contributed by atoms with E-state index in [0.717, 1.165) is 25.1 Å². The molecule has 0 bridgehead atoms. The molecule has 0 atom stereocenters. The van der Waals surface area contributed by atoms with Crippen molar-refractivity contribution in [2.75, 3.05) is 0 Å². The Labute approximate surface area is 78.9 Å². The van der Waals surface area contributed by atoms with Gasteiger partial charge in [0.25, 0.3) is 5.69 Å². The summed E-state index contributed by atoms with van der Waals surface area (Å²) in [6.07, 6.45) is 0. The quantitative estimate of drug-likeness (QED) is 0.333. The second-order valence-electron chi connectivity index (χ2n) is 2.50. The number of esters is 1. The number of benzene rings is 1. The summed E-state index contributed by atoms with van der Waals surface area (Å²) >= 11 is 0. The van der Waals surface area contributed by atoms with E-state index in [2.05, 4.69) is 4.74 Å². The van der Waals surface area contributed by atoms with Crippen LogP contribution >= 0.6 is 0 Å². The minimum absolute atomic E-state index is 0.216. The van der Waals surface area contributed by atoms with Crippen LogP contribution in [0.4, 0.5) is 5.69 Å². The molecule has 1 N–H and O–H groups in total. The molecule has 6 nitrogen and oxygen atoms in total. The third kappa shape index (κ3) is 2.19. The lowest BCUT2D eigenvalue weighted by atomic mass is 10.3. The van der Waals surface area contributed by atoms with Gasteiger partial charge < -0.3 is 9.84 Å². The maximum absolute atomic E-state index is 10.5. The first-order valence-corrected chi connectivity index (χ1v) is 3.66. The lowest BCUT2D eigenvalue weighted by Gasteiger charge is -2.02. The number of hydrogen-bond donors (Lipinski definition) is 1. The molecular formula is C8H7NO5. The monoisotopic (exact) mass is 197 g/mol. The van der Waals surface area contributed by atoms with E-state index in [1.165, 1.54) is 0 Å². The number of rotatable bonds is 2. The second-order valence-corrected chi connectivity index (χ2v) is 2.50. The van der Waals surface area contributed by atoms with Gasteiger partial charge in [-0.05, 0) is 6.07 Å². The molecule has 0 radical (unpaired) electrons. The van der Waals surface area contributed by atoms with Crippen molar-refractivity contribution in [2.45, 2.75) is 6.92 Å². The van der Waals surface area contributed by atoms with Crippen molar-refractivity contribution in [3.8, 4) is 11.5 Å². The molecule has 0 amide bonds. The van der Waals surface area contributed by atoms with E-state index in [-0.39, 0.29) is 17.2 Å². The van der Waals surface area contributed by atoms with Crippen molar-refractivity contribution in [3.05, 3.63) is 28.3 Å². The van der Waals surface area contributed by atoms with Crippen LogP contribution in [0.3, 0.4) is 0 Å². The zero-order chi connectivity index (χ0) is 10.7. The number of phenolic OH excluding ortho intramolecular Hbond substituents is 1. The maximum Gasteiger partial charge on any atom is 0.308 e. The fraction of sp³-hybridized carbons (Fsp3) is 0.125. The average molecular weight is 197 g/mol. The van der Waals surface area contributed by atoms with Crippen molar-refractivity contribution < 1.29 is 19.6 Å². The van der Waals surface area contributed by atoms with Crippen molar-refractivity contribution in [2.24, 2.45) is 0 Å². The number of carbonyl (C=O) groups is 1. The molecule has 0 saturated heterocycles. The van der Waals surface area contributed by atoms with E-state index in [1.807, 2.05) is 0 Å². The van der Waals surface area contributed by atoms with E-state index in [0.29, 0.717) is 0 Å². The van der Waals surface area contributed by atoms with Gasteiger partial charge in [-0.1, -0.05) is 0 Å². The highest BCUT2D eigenvalue weighted by Gasteiger charge is 2.12. The summed E-state index contributed by atoms with van der Waals surface area (Å²) in [5.74, 6) is -1.18. The molecule has 0 aliphatic carbocycles. The fourth-order valence-electron chi connectivity index (χ4n) is 0.853. The number of ether oxygens (including phenoxy) is 1. The first-order chi connectivity index (χ1) is 6.50. The number of nitro benzene ring substituents is 1. The molecule has 0 heterocycles. The predicted octanol–water partition coefficient (Wildman–Crippen LogP) is 1.23. The van der Waals surface area contributed by atoms with Gasteiger partial charge in [0.1, 0.15) is 0 Å². The lowest BCUT2D eigenvalue weighted by molar-refractivity contribution is -0.384. The smallest absolute Gasteiger partial charge is 0.308 e. The Morgan fingerprint density at radius 1 is 1.57 bits per heavy atom. The third-order valence-electron chi connectivity index (χ3n) is 1.41. The van der Waals surface area contributed by atoms with Gasteiger partial charge in [0.05, 0.1) is 11.0 Å². The van der Waals surface area contributed by atoms with Crippen LogP contribution in [-0.2, 0) is 4.79 Å². The van der Waals surface area contributed by atoms with E-state index >= 15 is 0 Å². The van der Waals surface area contributed by atoms with Gasteiger partial charge in [-0.25, -0.2) is 0 Å². The molecule has 14 heavy (non-hydrogen) atoms. The molecule has 1 aromatic carbocycles. The van der Waals surface area contributed by atoms with Gasteiger partial charge in [-0.3, -0.25) is 14.9 Å². The number of aromatic hydroxyl groups is 1. The highest BCUT2D eigenvalue weighted by Crippen LogP contribution is 2.29. The van der Waals surface area contributed by atoms with Gasteiger partial charge >= 0.3 is 5.97 Å². The molecular weight excluding hydrogens is 190 g/mol. The number of non-ortho nitro benzene ring substituents is 1. The summed E-state index contributed by atoms with van der Waals surface area (Å²) in [5.41, 5.74) is -0.251.